The average Bonchev–Trinajstić information content (AvgIpc) is 3.28. The molecule has 146 valence electrons. The highest BCUT2D eigenvalue weighted by Crippen LogP contribution is 2.31. The number of amides is 1. The number of carbonyl (C=O) groups is 1. The van der Waals surface area contributed by atoms with Crippen LogP contribution >= 0.6 is 0 Å². The lowest BCUT2D eigenvalue weighted by atomic mass is 10.1. The predicted molar refractivity (Wildman–Crippen MR) is 100.0 cm³/mol. The van der Waals surface area contributed by atoms with Crippen molar-refractivity contribution in [2.45, 2.75) is 50.3 Å². The zero-order chi connectivity index (χ0) is 19.4. The molecule has 9 heteroatoms. The summed E-state index contributed by atoms with van der Waals surface area (Å²) >= 11 is 0. The van der Waals surface area contributed by atoms with Gasteiger partial charge in [0.05, 0.1) is 4.90 Å². The van der Waals surface area contributed by atoms with Crippen molar-refractivity contribution < 1.29 is 17.7 Å². The van der Waals surface area contributed by atoms with Crippen molar-refractivity contribution in [1.82, 2.24) is 14.9 Å². The van der Waals surface area contributed by atoms with E-state index < -0.39 is 10.0 Å². The summed E-state index contributed by atoms with van der Waals surface area (Å²) in [7, 11) is -2.17. The number of aromatic nitrogens is 2. The summed E-state index contributed by atoms with van der Waals surface area (Å²) in [5, 5.41) is 3.91. The molecular weight excluding hydrogens is 368 g/mol. The predicted octanol–water partition coefficient (Wildman–Crippen LogP) is 1.84. The first kappa shape index (κ1) is 19.5. The lowest BCUT2D eigenvalue weighted by Crippen LogP contribution is -2.29. The van der Waals surface area contributed by atoms with Crippen LogP contribution in [0.1, 0.15) is 43.5 Å². The number of hydrogen-bond donors (Lipinski definition) is 1. The fourth-order valence-electron chi connectivity index (χ4n) is 3.15. The van der Waals surface area contributed by atoms with Crippen LogP contribution < -0.4 is 9.62 Å². The van der Waals surface area contributed by atoms with E-state index in [1.165, 1.54) is 7.05 Å². The Morgan fingerprint density at radius 3 is 2.89 bits per heavy atom. The number of nitrogens with one attached hydrogen (secondary N) is 1. The van der Waals surface area contributed by atoms with Crippen molar-refractivity contribution in [3.05, 3.63) is 35.5 Å². The molecule has 1 aromatic carbocycles. The van der Waals surface area contributed by atoms with Gasteiger partial charge in [-0.05, 0) is 44.0 Å². The molecule has 1 aromatic heterocycles. The molecule has 0 radical (unpaired) electrons. The first-order valence-corrected chi connectivity index (χ1v) is 10.6. The molecule has 8 nitrogen and oxygen atoms in total. The van der Waals surface area contributed by atoms with Crippen molar-refractivity contribution >= 4 is 21.6 Å². The molecule has 2 heterocycles. The molecule has 0 atom stereocenters. The summed E-state index contributed by atoms with van der Waals surface area (Å²) < 4.78 is 31.5. The number of nitrogens with zero attached hydrogens (tertiary/aromatic N) is 3. The normalized spacial score (nSPS) is 13.8. The van der Waals surface area contributed by atoms with Gasteiger partial charge < -0.3 is 9.42 Å². The Hall–Kier alpha value is -2.26. The fourth-order valence-corrected chi connectivity index (χ4v) is 3.90. The minimum Gasteiger partial charge on any atom is -0.339 e. The molecule has 0 unspecified atom stereocenters. The van der Waals surface area contributed by atoms with Crippen LogP contribution in [-0.4, -0.2) is 38.1 Å². The lowest BCUT2D eigenvalue weighted by Gasteiger charge is -2.18. The summed E-state index contributed by atoms with van der Waals surface area (Å²) in [4.78, 5) is 18.8. The van der Waals surface area contributed by atoms with Crippen molar-refractivity contribution in [3.8, 4) is 0 Å². The maximum Gasteiger partial charge on any atom is 0.240 e. The van der Waals surface area contributed by atoms with E-state index in [4.69, 9.17) is 4.52 Å². The molecule has 0 spiro atoms. The van der Waals surface area contributed by atoms with E-state index in [1.807, 2.05) is 0 Å². The Balaban J connectivity index is 1.62. The minimum absolute atomic E-state index is 0.0268. The van der Waals surface area contributed by atoms with E-state index >= 15 is 0 Å². The highest BCUT2D eigenvalue weighted by molar-refractivity contribution is 7.89. The monoisotopic (exact) mass is 392 g/mol. The maximum absolute atomic E-state index is 12.6. The van der Waals surface area contributed by atoms with Crippen molar-refractivity contribution in [3.63, 3.8) is 0 Å². The maximum atomic E-state index is 12.6. The van der Waals surface area contributed by atoms with Crippen LogP contribution in [0.3, 0.4) is 0 Å². The van der Waals surface area contributed by atoms with Gasteiger partial charge in [0.2, 0.25) is 21.8 Å². The van der Waals surface area contributed by atoms with Gasteiger partial charge in [0.15, 0.2) is 5.82 Å². The molecule has 1 N–H and O–H groups in total. The van der Waals surface area contributed by atoms with Crippen LogP contribution in [0.2, 0.25) is 0 Å². The first-order chi connectivity index (χ1) is 12.9. The number of aryl methyl sites for hydroxylation is 2. The van der Waals surface area contributed by atoms with E-state index in [2.05, 4.69) is 21.8 Å². The minimum atomic E-state index is -3.54. The number of fused-ring (bicyclic) bond motifs is 1. The molecule has 0 saturated heterocycles. The fraction of sp³-hybridized carbons (Fsp3) is 0.500. The van der Waals surface area contributed by atoms with Gasteiger partial charge >= 0.3 is 0 Å². The van der Waals surface area contributed by atoms with Gasteiger partial charge in [-0.15, -0.1) is 0 Å². The van der Waals surface area contributed by atoms with Gasteiger partial charge in [-0.25, -0.2) is 13.1 Å². The molecule has 0 fully saturated rings. The second-order valence-corrected chi connectivity index (χ2v) is 8.39. The Morgan fingerprint density at radius 2 is 2.15 bits per heavy atom. The second-order valence-electron chi connectivity index (χ2n) is 6.50. The van der Waals surface area contributed by atoms with Crippen LogP contribution in [0.25, 0.3) is 0 Å². The molecule has 2 aromatic rings. The molecule has 0 saturated carbocycles. The number of carbonyl (C=O) groups excluding carboxylic acids is 1. The van der Waals surface area contributed by atoms with Crippen molar-refractivity contribution in [2.75, 3.05) is 18.5 Å². The molecule has 1 aliphatic heterocycles. The van der Waals surface area contributed by atoms with Crippen LogP contribution in [-0.2, 0) is 34.1 Å². The van der Waals surface area contributed by atoms with Gasteiger partial charge in [-0.3, -0.25) is 4.79 Å². The zero-order valence-corrected chi connectivity index (χ0v) is 16.4. The Labute approximate surface area is 159 Å². The largest absolute Gasteiger partial charge is 0.339 e. The van der Waals surface area contributed by atoms with Crippen LogP contribution in [0, 0.1) is 0 Å². The molecule has 3 rings (SSSR count). The molecular formula is C18H24N4O4S. The Bertz CT molecular complexity index is 923. The van der Waals surface area contributed by atoms with Gasteiger partial charge in [0.1, 0.15) is 0 Å². The number of sulfonamides is 1. The van der Waals surface area contributed by atoms with Crippen LogP contribution in [0.5, 0.6) is 0 Å². The summed E-state index contributed by atoms with van der Waals surface area (Å²) in [5.41, 5.74) is 1.67. The van der Waals surface area contributed by atoms with E-state index in [-0.39, 0.29) is 10.8 Å². The number of anilines is 1. The topological polar surface area (TPSA) is 105 Å². The summed E-state index contributed by atoms with van der Waals surface area (Å²) in [6.07, 6.45) is 3.96. The highest BCUT2D eigenvalue weighted by Gasteiger charge is 2.26. The molecule has 1 amide bonds. The van der Waals surface area contributed by atoms with E-state index in [0.717, 1.165) is 24.8 Å². The third kappa shape index (κ3) is 4.36. The summed E-state index contributed by atoms with van der Waals surface area (Å²) in [5.74, 6) is 1.22. The van der Waals surface area contributed by atoms with Crippen LogP contribution in [0.15, 0.2) is 27.6 Å². The standard InChI is InChI=1S/C18H24N4O4S/c1-3-5-16-20-17(26-21-16)6-4-7-18(23)22-11-10-13-8-9-14(12-15(13)22)27(24,25)19-2/h8-9,12,19H,3-7,10-11H2,1-2H3. The van der Waals surface area contributed by atoms with E-state index in [0.29, 0.717) is 43.2 Å². The zero-order valence-electron chi connectivity index (χ0n) is 15.6. The second kappa shape index (κ2) is 8.18. The summed E-state index contributed by atoms with van der Waals surface area (Å²) in [6.45, 7) is 2.62. The first-order valence-electron chi connectivity index (χ1n) is 9.13. The number of benzene rings is 1. The van der Waals surface area contributed by atoms with Crippen molar-refractivity contribution in [1.29, 1.82) is 0 Å². The van der Waals surface area contributed by atoms with E-state index in [9.17, 15) is 13.2 Å². The van der Waals surface area contributed by atoms with Crippen molar-refractivity contribution in [2.24, 2.45) is 0 Å². The smallest absolute Gasteiger partial charge is 0.240 e. The van der Waals surface area contributed by atoms with Crippen LogP contribution in [0.4, 0.5) is 5.69 Å². The van der Waals surface area contributed by atoms with Gasteiger partial charge in [0.25, 0.3) is 0 Å². The quantitative estimate of drug-likeness (QED) is 0.735. The lowest BCUT2D eigenvalue weighted by molar-refractivity contribution is -0.118. The summed E-state index contributed by atoms with van der Waals surface area (Å²) in [6, 6.07) is 4.92. The molecule has 0 aliphatic carbocycles. The highest BCUT2D eigenvalue weighted by atomic mass is 32.2. The third-order valence-electron chi connectivity index (χ3n) is 4.60. The number of hydrogen-bond acceptors (Lipinski definition) is 6. The molecule has 27 heavy (non-hydrogen) atoms. The third-order valence-corrected chi connectivity index (χ3v) is 6.01. The van der Waals surface area contributed by atoms with Gasteiger partial charge in [-0.1, -0.05) is 18.1 Å². The SMILES string of the molecule is CCCc1noc(CCCC(=O)N2CCc3ccc(S(=O)(=O)NC)cc32)n1. The Kier molecular flexibility index (Phi) is 5.91. The average molecular weight is 392 g/mol. The van der Waals surface area contributed by atoms with Gasteiger partial charge in [0, 0.05) is 31.5 Å². The van der Waals surface area contributed by atoms with E-state index in [1.54, 1.807) is 23.1 Å². The van der Waals surface area contributed by atoms with Gasteiger partial charge in [-0.2, -0.15) is 4.98 Å². The molecule has 0 bridgehead atoms. The molecule has 1 aliphatic rings. The Morgan fingerprint density at radius 1 is 1.33 bits per heavy atom. The number of rotatable bonds is 8.